The highest BCUT2D eigenvalue weighted by atomic mass is 32.1. The van der Waals surface area contributed by atoms with E-state index < -0.39 is 6.10 Å². The van der Waals surface area contributed by atoms with E-state index in [1.807, 2.05) is 16.8 Å². The zero-order valence-corrected chi connectivity index (χ0v) is 11.5. The summed E-state index contributed by atoms with van der Waals surface area (Å²) in [5.74, 6) is -0.308. The van der Waals surface area contributed by atoms with Crippen LogP contribution in [-0.2, 0) is 6.54 Å². The Morgan fingerprint density at radius 3 is 2.65 bits per heavy atom. The lowest BCUT2D eigenvalue weighted by molar-refractivity contribution is 0.173. The second-order valence-corrected chi connectivity index (χ2v) is 5.04. The monoisotopic (exact) mass is 294 g/mol. The predicted octanol–water partition coefficient (Wildman–Crippen LogP) is 2.42. The number of carbonyl (C=O) groups is 1. The van der Waals surface area contributed by atoms with Crippen LogP contribution in [0, 0.1) is 5.82 Å². The van der Waals surface area contributed by atoms with E-state index in [0.717, 1.165) is 11.1 Å². The molecule has 0 aliphatic heterocycles. The van der Waals surface area contributed by atoms with Gasteiger partial charge >= 0.3 is 6.03 Å². The zero-order valence-electron chi connectivity index (χ0n) is 10.7. The van der Waals surface area contributed by atoms with Crippen LogP contribution in [0.5, 0.6) is 0 Å². The molecule has 2 rings (SSSR count). The minimum absolute atomic E-state index is 0.145. The summed E-state index contributed by atoms with van der Waals surface area (Å²) in [7, 11) is 0. The number of amides is 2. The third-order valence-electron chi connectivity index (χ3n) is 2.75. The zero-order chi connectivity index (χ0) is 14.4. The van der Waals surface area contributed by atoms with Gasteiger partial charge in [0.1, 0.15) is 5.82 Å². The number of nitrogens with one attached hydrogen (secondary N) is 2. The van der Waals surface area contributed by atoms with Crippen LogP contribution in [0.15, 0.2) is 41.1 Å². The Morgan fingerprint density at radius 1 is 1.25 bits per heavy atom. The van der Waals surface area contributed by atoms with Crippen LogP contribution in [0.3, 0.4) is 0 Å². The SMILES string of the molecule is O=C(NCc1ccc(F)cc1)NCC(O)c1ccsc1. The Kier molecular flexibility index (Phi) is 5.09. The van der Waals surface area contributed by atoms with E-state index in [9.17, 15) is 14.3 Å². The Bertz CT molecular complexity index is 543. The van der Waals surface area contributed by atoms with Crippen molar-refractivity contribution in [2.24, 2.45) is 0 Å². The average molecular weight is 294 g/mol. The Morgan fingerprint density at radius 2 is 2.00 bits per heavy atom. The van der Waals surface area contributed by atoms with Crippen LogP contribution in [0.1, 0.15) is 17.2 Å². The van der Waals surface area contributed by atoms with E-state index in [-0.39, 0.29) is 18.4 Å². The molecule has 0 fully saturated rings. The highest BCUT2D eigenvalue weighted by molar-refractivity contribution is 7.07. The van der Waals surface area contributed by atoms with E-state index in [0.29, 0.717) is 6.54 Å². The second-order valence-electron chi connectivity index (χ2n) is 4.26. The molecule has 0 aliphatic carbocycles. The van der Waals surface area contributed by atoms with Gasteiger partial charge in [0.15, 0.2) is 0 Å². The molecule has 4 nitrogen and oxygen atoms in total. The van der Waals surface area contributed by atoms with Crippen molar-refractivity contribution in [2.75, 3.05) is 6.54 Å². The van der Waals surface area contributed by atoms with E-state index in [1.165, 1.54) is 23.5 Å². The van der Waals surface area contributed by atoms with E-state index >= 15 is 0 Å². The molecule has 1 aromatic heterocycles. The number of halogens is 1. The summed E-state index contributed by atoms with van der Waals surface area (Å²) in [5.41, 5.74) is 1.59. The molecule has 1 aromatic carbocycles. The lowest BCUT2D eigenvalue weighted by Gasteiger charge is -2.11. The molecule has 20 heavy (non-hydrogen) atoms. The number of carbonyl (C=O) groups excluding carboxylic acids is 1. The smallest absolute Gasteiger partial charge is 0.315 e. The fourth-order valence-electron chi connectivity index (χ4n) is 1.62. The van der Waals surface area contributed by atoms with Gasteiger partial charge in [-0.25, -0.2) is 9.18 Å². The predicted molar refractivity (Wildman–Crippen MR) is 75.9 cm³/mol. The highest BCUT2D eigenvalue weighted by Gasteiger charge is 2.09. The van der Waals surface area contributed by atoms with E-state index in [2.05, 4.69) is 10.6 Å². The summed E-state index contributed by atoms with van der Waals surface area (Å²) in [5, 5.41) is 18.7. The molecule has 0 aliphatic rings. The number of hydrogen-bond acceptors (Lipinski definition) is 3. The van der Waals surface area contributed by atoms with Gasteiger partial charge < -0.3 is 15.7 Å². The van der Waals surface area contributed by atoms with Crippen LogP contribution < -0.4 is 10.6 Å². The van der Waals surface area contributed by atoms with Crippen molar-refractivity contribution in [1.82, 2.24) is 10.6 Å². The van der Waals surface area contributed by atoms with Crippen molar-refractivity contribution in [1.29, 1.82) is 0 Å². The van der Waals surface area contributed by atoms with Crippen LogP contribution in [0.25, 0.3) is 0 Å². The van der Waals surface area contributed by atoms with E-state index in [4.69, 9.17) is 0 Å². The van der Waals surface area contributed by atoms with Crippen molar-refractivity contribution in [3.8, 4) is 0 Å². The molecule has 1 unspecified atom stereocenters. The number of thiophene rings is 1. The quantitative estimate of drug-likeness (QED) is 0.793. The molecule has 0 bridgehead atoms. The van der Waals surface area contributed by atoms with Crippen molar-refractivity contribution < 1.29 is 14.3 Å². The lowest BCUT2D eigenvalue weighted by atomic mass is 10.2. The maximum absolute atomic E-state index is 12.7. The van der Waals surface area contributed by atoms with Gasteiger partial charge in [0.05, 0.1) is 6.10 Å². The summed E-state index contributed by atoms with van der Waals surface area (Å²) in [6.45, 7) is 0.451. The molecule has 0 saturated carbocycles. The van der Waals surface area contributed by atoms with Gasteiger partial charge in [-0.3, -0.25) is 0 Å². The van der Waals surface area contributed by atoms with Crippen molar-refractivity contribution in [2.45, 2.75) is 12.6 Å². The number of urea groups is 1. The topological polar surface area (TPSA) is 61.4 Å². The number of aliphatic hydroxyl groups is 1. The number of benzene rings is 1. The molecule has 1 heterocycles. The Balaban J connectivity index is 1.71. The fraction of sp³-hybridized carbons (Fsp3) is 0.214. The molecule has 0 radical (unpaired) electrons. The van der Waals surface area contributed by atoms with Gasteiger partial charge in [-0.15, -0.1) is 0 Å². The first-order chi connectivity index (χ1) is 9.65. The van der Waals surface area contributed by atoms with Gasteiger partial charge in [0.2, 0.25) is 0 Å². The molecule has 0 spiro atoms. The van der Waals surface area contributed by atoms with Gasteiger partial charge in [-0.1, -0.05) is 12.1 Å². The first-order valence-electron chi connectivity index (χ1n) is 6.11. The summed E-state index contributed by atoms with van der Waals surface area (Å²) >= 11 is 1.49. The Hall–Kier alpha value is -1.92. The minimum Gasteiger partial charge on any atom is -0.387 e. The third kappa shape index (κ3) is 4.32. The van der Waals surface area contributed by atoms with Gasteiger partial charge in [-0.05, 0) is 40.1 Å². The highest BCUT2D eigenvalue weighted by Crippen LogP contribution is 2.14. The molecule has 2 amide bonds. The molecular weight excluding hydrogens is 279 g/mol. The molecular formula is C14H15FN2O2S. The number of hydrogen-bond donors (Lipinski definition) is 3. The summed E-state index contributed by atoms with van der Waals surface area (Å²) < 4.78 is 12.7. The van der Waals surface area contributed by atoms with Gasteiger partial charge in [0.25, 0.3) is 0 Å². The average Bonchev–Trinajstić information content (AvgIpc) is 2.98. The van der Waals surface area contributed by atoms with Crippen LogP contribution >= 0.6 is 11.3 Å². The van der Waals surface area contributed by atoms with Crippen molar-refractivity contribution >= 4 is 17.4 Å². The van der Waals surface area contributed by atoms with E-state index in [1.54, 1.807) is 12.1 Å². The second kappa shape index (κ2) is 7.02. The number of rotatable bonds is 5. The summed E-state index contributed by atoms with van der Waals surface area (Å²) in [6, 6.07) is 7.34. The normalized spacial score (nSPS) is 11.9. The number of aliphatic hydroxyl groups excluding tert-OH is 1. The molecule has 6 heteroatoms. The molecule has 3 N–H and O–H groups in total. The van der Waals surface area contributed by atoms with Crippen LogP contribution in [-0.4, -0.2) is 17.7 Å². The first kappa shape index (κ1) is 14.5. The molecule has 2 aromatic rings. The summed E-state index contributed by atoms with van der Waals surface area (Å²) in [6.07, 6.45) is -0.710. The van der Waals surface area contributed by atoms with Crippen LogP contribution in [0.2, 0.25) is 0 Å². The standard InChI is InChI=1S/C14H15FN2O2S/c15-12-3-1-10(2-4-12)7-16-14(19)17-8-13(18)11-5-6-20-9-11/h1-6,9,13,18H,7-8H2,(H2,16,17,19). The molecule has 106 valence electrons. The van der Waals surface area contributed by atoms with Gasteiger partial charge in [0, 0.05) is 13.1 Å². The van der Waals surface area contributed by atoms with Crippen molar-refractivity contribution in [3.63, 3.8) is 0 Å². The van der Waals surface area contributed by atoms with Gasteiger partial charge in [-0.2, -0.15) is 11.3 Å². The molecule has 1 atom stereocenters. The minimum atomic E-state index is -0.710. The first-order valence-corrected chi connectivity index (χ1v) is 7.06. The third-order valence-corrected chi connectivity index (χ3v) is 3.45. The maximum atomic E-state index is 12.7. The Labute approximate surface area is 120 Å². The van der Waals surface area contributed by atoms with Crippen molar-refractivity contribution in [3.05, 3.63) is 58.0 Å². The molecule has 0 saturated heterocycles. The maximum Gasteiger partial charge on any atom is 0.315 e. The largest absolute Gasteiger partial charge is 0.387 e. The lowest BCUT2D eigenvalue weighted by Crippen LogP contribution is -2.37. The van der Waals surface area contributed by atoms with Crippen LogP contribution in [0.4, 0.5) is 9.18 Å². The fourth-order valence-corrected chi connectivity index (χ4v) is 2.33. The summed E-state index contributed by atoms with van der Waals surface area (Å²) in [4.78, 5) is 11.6.